The molecular weight excluding hydrogens is 282 g/mol. The first-order valence-corrected chi connectivity index (χ1v) is 7.62. The lowest BCUT2D eigenvalue weighted by Gasteiger charge is -2.24. The largest absolute Gasteiger partial charge is 0.290 e. The van der Waals surface area contributed by atoms with Crippen LogP contribution in [0, 0.1) is 0 Å². The molecule has 4 rings (SSSR count). The summed E-state index contributed by atoms with van der Waals surface area (Å²) in [6, 6.07) is 20.3. The van der Waals surface area contributed by atoms with E-state index in [0.717, 1.165) is 22.4 Å². The van der Waals surface area contributed by atoms with Crippen molar-refractivity contribution in [3.8, 4) is 0 Å². The molecule has 0 saturated carbocycles. The van der Waals surface area contributed by atoms with Crippen LogP contribution in [0.3, 0.4) is 0 Å². The molecule has 1 heterocycles. The van der Waals surface area contributed by atoms with E-state index in [2.05, 4.69) is 30.3 Å². The quantitative estimate of drug-likeness (QED) is 0.823. The maximum atomic E-state index is 11.6. The fourth-order valence-corrected chi connectivity index (χ4v) is 3.02. The van der Waals surface area contributed by atoms with Crippen molar-refractivity contribution in [1.82, 2.24) is 0 Å². The maximum absolute atomic E-state index is 11.6. The molecule has 0 bridgehead atoms. The zero-order valence-electron chi connectivity index (χ0n) is 12.5. The first-order valence-electron chi connectivity index (χ1n) is 7.62. The Morgan fingerprint density at radius 1 is 0.739 bits per heavy atom. The van der Waals surface area contributed by atoms with Crippen molar-refractivity contribution in [2.45, 2.75) is 5.54 Å². The highest BCUT2D eigenvalue weighted by Crippen LogP contribution is 2.40. The van der Waals surface area contributed by atoms with Crippen LogP contribution in [0.1, 0.15) is 11.1 Å². The predicted molar refractivity (Wildman–Crippen MR) is 93.4 cm³/mol. The normalized spacial score (nSPS) is 18.2. The van der Waals surface area contributed by atoms with Crippen molar-refractivity contribution in [3.63, 3.8) is 0 Å². The number of hydrogen-bond donors (Lipinski definition) is 0. The van der Waals surface area contributed by atoms with Crippen LogP contribution in [-0.2, 0) is 4.79 Å². The number of nitrogens with zero attached hydrogens (tertiary/aromatic N) is 1. The highest BCUT2D eigenvalue weighted by atomic mass is 16.1. The lowest BCUT2D eigenvalue weighted by atomic mass is 9.83. The van der Waals surface area contributed by atoms with Crippen molar-refractivity contribution in [1.29, 1.82) is 0 Å². The van der Waals surface area contributed by atoms with E-state index in [-0.39, 0.29) is 5.78 Å². The number of carbonyl (C=O) groups is 1. The Kier molecular flexibility index (Phi) is 3.16. The molecule has 2 aliphatic rings. The molecule has 2 aromatic rings. The molecule has 1 aliphatic carbocycles. The topological polar surface area (TPSA) is 29.4 Å². The second kappa shape index (κ2) is 5.33. The third kappa shape index (κ3) is 2.38. The van der Waals surface area contributed by atoms with Gasteiger partial charge < -0.3 is 0 Å². The fourth-order valence-electron chi connectivity index (χ4n) is 3.02. The minimum Gasteiger partial charge on any atom is -0.290 e. The summed E-state index contributed by atoms with van der Waals surface area (Å²) >= 11 is 0. The van der Waals surface area contributed by atoms with Crippen LogP contribution in [0.25, 0.3) is 5.57 Å². The van der Waals surface area contributed by atoms with E-state index in [0.29, 0.717) is 0 Å². The van der Waals surface area contributed by atoms with Crippen LogP contribution in [-0.4, -0.2) is 17.0 Å². The molecule has 0 amide bonds. The zero-order chi connectivity index (χ0) is 15.7. The number of rotatable bonds is 2. The van der Waals surface area contributed by atoms with Gasteiger partial charge >= 0.3 is 0 Å². The van der Waals surface area contributed by atoms with E-state index in [1.807, 2.05) is 48.6 Å². The summed E-state index contributed by atoms with van der Waals surface area (Å²) < 4.78 is 0. The SMILES string of the molecule is O=C1C=CC2(C=C1)N=C(c1ccccc1)C=C2c1ccccc1. The van der Waals surface area contributed by atoms with Gasteiger partial charge in [0.25, 0.3) is 0 Å². The minimum atomic E-state index is -0.583. The van der Waals surface area contributed by atoms with Gasteiger partial charge in [-0.25, -0.2) is 0 Å². The van der Waals surface area contributed by atoms with Gasteiger partial charge in [-0.2, -0.15) is 0 Å². The van der Waals surface area contributed by atoms with Crippen molar-refractivity contribution >= 4 is 17.1 Å². The molecule has 0 aromatic heterocycles. The van der Waals surface area contributed by atoms with Gasteiger partial charge in [-0.05, 0) is 47.1 Å². The summed E-state index contributed by atoms with van der Waals surface area (Å²) in [5, 5.41) is 0. The number of hydrogen-bond acceptors (Lipinski definition) is 2. The molecular formula is C21H15NO. The van der Waals surface area contributed by atoms with Gasteiger partial charge in [-0.3, -0.25) is 9.79 Å². The van der Waals surface area contributed by atoms with E-state index in [1.54, 1.807) is 12.2 Å². The molecule has 1 aliphatic heterocycles. The highest BCUT2D eigenvalue weighted by Gasteiger charge is 2.36. The Bertz CT molecular complexity index is 855. The van der Waals surface area contributed by atoms with Crippen LogP contribution >= 0.6 is 0 Å². The molecule has 110 valence electrons. The minimum absolute atomic E-state index is 0.00592. The van der Waals surface area contributed by atoms with Crippen LogP contribution < -0.4 is 0 Å². The van der Waals surface area contributed by atoms with E-state index in [9.17, 15) is 4.79 Å². The monoisotopic (exact) mass is 297 g/mol. The van der Waals surface area contributed by atoms with Crippen LogP contribution in [0.5, 0.6) is 0 Å². The average Bonchev–Trinajstić information content (AvgIpc) is 2.99. The molecule has 0 radical (unpaired) electrons. The molecule has 2 heteroatoms. The van der Waals surface area contributed by atoms with E-state index in [4.69, 9.17) is 4.99 Å². The van der Waals surface area contributed by atoms with Crippen molar-refractivity contribution in [2.75, 3.05) is 0 Å². The average molecular weight is 297 g/mol. The highest BCUT2D eigenvalue weighted by molar-refractivity contribution is 6.18. The first-order chi connectivity index (χ1) is 11.3. The Balaban J connectivity index is 1.87. The Morgan fingerprint density at radius 3 is 1.91 bits per heavy atom. The van der Waals surface area contributed by atoms with Crippen molar-refractivity contribution in [2.24, 2.45) is 4.99 Å². The summed E-state index contributed by atoms with van der Waals surface area (Å²) in [7, 11) is 0. The molecule has 23 heavy (non-hydrogen) atoms. The summed E-state index contributed by atoms with van der Waals surface area (Å²) in [6.45, 7) is 0. The third-order valence-corrected chi connectivity index (χ3v) is 4.18. The van der Waals surface area contributed by atoms with Gasteiger partial charge in [0.2, 0.25) is 0 Å². The van der Waals surface area contributed by atoms with Gasteiger partial charge in [-0.1, -0.05) is 60.7 Å². The van der Waals surface area contributed by atoms with Gasteiger partial charge in [0, 0.05) is 0 Å². The van der Waals surface area contributed by atoms with E-state index >= 15 is 0 Å². The van der Waals surface area contributed by atoms with E-state index in [1.165, 1.54) is 0 Å². The van der Waals surface area contributed by atoms with E-state index < -0.39 is 5.54 Å². The number of allylic oxidation sites excluding steroid dienone is 3. The molecule has 2 nitrogen and oxygen atoms in total. The molecule has 2 aromatic carbocycles. The number of aliphatic imine (C=N–C) groups is 1. The molecule has 1 spiro atoms. The summed E-state index contributed by atoms with van der Waals surface area (Å²) in [5.74, 6) is 0.00592. The van der Waals surface area contributed by atoms with Gasteiger partial charge in [-0.15, -0.1) is 0 Å². The maximum Gasteiger partial charge on any atom is 0.178 e. The summed E-state index contributed by atoms with van der Waals surface area (Å²) in [5.41, 5.74) is 3.65. The lowest BCUT2D eigenvalue weighted by Crippen LogP contribution is -2.23. The van der Waals surface area contributed by atoms with Crippen molar-refractivity contribution in [3.05, 3.63) is 102 Å². The standard InChI is InChI=1S/C21H15NO/c23-18-11-13-21(14-12-18)19(16-7-3-1-4-8-16)15-20(22-21)17-9-5-2-6-10-17/h1-15H. The number of ketones is 1. The zero-order valence-corrected chi connectivity index (χ0v) is 12.5. The Labute approximate surface area is 135 Å². The van der Waals surface area contributed by atoms with Crippen LogP contribution in [0.4, 0.5) is 0 Å². The van der Waals surface area contributed by atoms with Crippen LogP contribution in [0.2, 0.25) is 0 Å². The fraction of sp³-hybridized carbons (Fsp3) is 0.0476. The molecule has 0 atom stereocenters. The summed E-state index contributed by atoms with van der Waals surface area (Å²) in [6.07, 6.45) is 9.12. The van der Waals surface area contributed by atoms with Crippen LogP contribution in [0.15, 0.2) is 96.0 Å². The molecule has 0 N–H and O–H groups in total. The van der Waals surface area contributed by atoms with Gasteiger partial charge in [0.15, 0.2) is 5.78 Å². The molecule has 0 saturated heterocycles. The predicted octanol–water partition coefficient (Wildman–Crippen LogP) is 4.01. The molecule has 0 unspecified atom stereocenters. The van der Waals surface area contributed by atoms with Gasteiger partial charge in [0.05, 0.1) is 5.71 Å². The Morgan fingerprint density at radius 2 is 1.30 bits per heavy atom. The second-order valence-corrected chi connectivity index (χ2v) is 5.68. The number of carbonyl (C=O) groups excluding carboxylic acids is 1. The molecule has 0 fully saturated rings. The van der Waals surface area contributed by atoms with Gasteiger partial charge in [0.1, 0.15) is 5.54 Å². The smallest absolute Gasteiger partial charge is 0.178 e. The lowest BCUT2D eigenvalue weighted by molar-refractivity contribution is -0.110. The number of benzene rings is 2. The Hall–Kier alpha value is -3.00. The first kappa shape index (κ1) is 13.6. The summed E-state index contributed by atoms with van der Waals surface area (Å²) in [4.78, 5) is 16.5. The van der Waals surface area contributed by atoms with Crippen molar-refractivity contribution < 1.29 is 4.79 Å². The second-order valence-electron chi connectivity index (χ2n) is 5.68. The third-order valence-electron chi connectivity index (χ3n) is 4.18.